The number of piperazine rings is 1. The van der Waals surface area contributed by atoms with Gasteiger partial charge in [-0.1, -0.05) is 0 Å². The first-order valence-electron chi connectivity index (χ1n) is 9.76. The summed E-state index contributed by atoms with van der Waals surface area (Å²) in [5, 5.41) is 17.8. The van der Waals surface area contributed by atoms with E-state index in [9.17, 15) is 19.7 Å². The van der Waals surface area contributed by atoms with Crippen LogP contribution in [0.25, 0.3) is 0 Å². The summed E-state index contributed by atoms with van der Waals surface area (Å²) >= 11 is 0. The molecule has 0 spiro atoms. The molecule has 1 heterocycles. The number of carbonyl (C=O) groups excluding carboxylic acids is 2. The van der Waals surface area contributed by atoms with Gasteiger partial charge >= 0.3 is 0 Å². The molecule has 0 unspecified atom stereocenters. The van der Waals surface area contributed by atoms with Gasteiger partial charge in [0.1, 0.15) is 0 Å². The summed E-state index contributed by atoms with van der Waals surface area (Å²) in [6, 6.07) is 11.0. The molecule has 1 saturated heterocycles. The number of hydrazone groups is 1. The summed E-state index contributed by atoms with van der Waals surface area (Å²) in [5.41, 5.74) is 4.73. The number of hydrogen-bond acceptors (Lipinski definition) is 7. The Morgan fingerprint density at radius 1 is 1.10 bits per heavy atom. The molecule has 0 bridgehead atoms. The summed E-state index contributed by atoms with van der Waals surface area (Å²) < 4.78 is 0. The van der Waals surface area contributed by atoms with Crippen molar-refractivity contribution in [2.75, 3.05) is 43.4 Å². The molecule has 0 aliphatic carbocycles. The smallest absolute Gasteiger partial charge is 0.271 e. The lowest BCUT2D eigenvalue weighted by Crippen LogP contribution is -2.44. The second-order valence-electron chi connectivity index (χ2n) is 7.25. The Hall–Kier alpha value is -3.79. The van der Waals surface area contributed by atoms with E-state index in [1.165, 1.54) is 25.3 Å². The molecule has 0 atom stereocenters. The Balaban J connectivity index is 1.74. The fraction of sp³-hybridized carbons (Fsp3) is 0.286. The molecule has 2 amide bonds. The number of amides is 2. The summed E-state index contributed by atoms with van der Waals surface area (Å²) in [4.78, 5) is 38.5. The van der Waals surface area contributed by atoms with Crippen LogP contribution in [0.3, 0.4) is 0 Å². The number of nitrogens with zero attached hydrogens (tertiary/aromatic N) is 4. The van der Waals surface area contributed by atoms with Crippen molar-refractivity contribution in [3.63, 3.8) is 0 Å². The van der Waals surface area contributed by atoms with Gasteiger partial charge in [-0.2, -0.15) is 5.10 Å². The Kier molecular flexibility index (Phi) is 6.93. The SMILES string of the molecule is CC(=O)Nc1ccc(C(=O)N/N=C/c2cc([N+](=O)[O-])ccc2N2CCN(C)CC2)cc1. The van der Waals surface area contributed by atoms with Gasteiger partial charge in [-0.25, -0.2) is 5.43 Å². The zero-order valence-corrected chi connectivity index (χ0v) is 17.4. The first-order chi connectivity index (χ1) is 14.8. The van der Waals surface area contributed by atoms with Crippen molar-refractivity contribution in [2.24, 2.45) is 5.10 Å². The Bertz CT molecular complexity index is 997. The van der Waals surface area contributed by atoms with Crippen LogP contribution >= 0.6 is 0 Å². The molecule has 1 aliphatic rings. The number of nitro groups is 1. The number of carbonyl (C=O) groups is 2. The van der Waals surface area contributed by atoms with Crippen LogP contribution in [0.4, 0.5) is 17.1 Å². The predicted molar refractivity (Wildman–Crippen MR) is 119 cm³/mol. The molecule has 2 aromatic rings. The lowest BCUT2D eigenvalue weighted by Gasteiger charge is -2.34. The van der Waals surface area contributed by atoms with Gasteiger partial charge in [-0.3, -0.25) is 19.7 Å². The summed E-state index contributed by atoms with van der Waals surface area (Å²) in [6.07, 6.45) is 1.42. The molecule has 10 nitrogen and oxygen atoms in total. The first-order valence-corrected chi connectivity index (χ1v) is 9.76. The van der Waals surface area contributed by atoms with Crippen LogP contribution in [0, 0.1) is 10.1 Å². The van der Waals surface area contributed by atoms with Crippen molar-refractivity contribution >= 4 is 35.1 Å². The maximum Gasteiger partial charge on any atom is 0.271 e. The van der Waals surface area contributed by atoms with E-state index in [4.69, 9.17) is 0 Å². The molecule has 1 fully saturated rings. The highest BCUT2D eigenvalue weighted by Crippen LogP contribution is 2.25. The number of benzene rings is 2. The van der Waals surface area contributed by atoms with Crippen molar-refractivity contribution in [1.82, 2.24) is 10.3 Å². The quantitative estimate of drug-likeness (QED) is 0.416. The van der Waals surface area contributed by atoms with Gasteiger partial charge in [0, 0.05) is 67.7 Å². The van der Waals surface area contributed by atoms with E-state index in [2.05, 4.69) is 25.6 Å². The topological polar surface area (TPSA) is 120 Å². The van der Waals surface area contributed by atoms with E-state index in [1.807, 2.05) is 7.05 Å². The fourth-order valence-corrected chi connectivity index (χ4v) is 3.23. The van der Waals surface area contributed by atoms with E-state index in [0.29, 0.717) is 16.8 Å². The number of hydrogen-bond donors (Lipinski definition) is 2. The largest absolute Gasteiger partial charge is 0.368 e. The zero-order chi connectivity index (χ0) is 22.4. The highest BCUT2D eigenvalue weighted by molar-refractivity contribution is 5.96. The minimum Gasteiger partial charge on any atom is -0.368 e. The Morgan fingerprint density at radius 3 is 2.39 bits per heavy atom. The number of likely N-dealkylation sites (N-methyl/N-ethyl adjacent to an activating group) is 1. The maximum atomic E-state index is 12.3. The lowest BCUT2D eigenvalue weighted by atomic mass is 10.1. The van der Waals surface area contributed by atoms with Crippen LogP contribution < -0.4 is 15.6 Å². The standard InChI is InChI=1S/C21H24N6O4/c1-15(28)23-18-5-3-16(4-6-18)21(29)24-22-14-17-13-19(27(30)31)7-8-20(17)26-11-9-25(2)10-12-26/h3-8,13-14H,9-12H2,1-2H3,(H,23,28)(H,24,29)/b22-14+. The third-order valence-electron chi connectivity index (χ3n) is 4.90. The minimum absolute atomic E-state index is 0.0424. The van der Waals surface area contributed by atoms with E-state index >= 15 is 0 Å². The lowest BCUT2D eigenvalue weighted by molar-refractivity contribution is -0.384. The van der Waals surface area contributed by atoms with Gasteiger partial charge in [0.25, 0.3) is 11.6 Å². The third kappa shape index (κ3) is 5.86. The maximum absolute atomic E-state index is 12.3. The third-order valence-corrected chi connectivity index (χ3v) is 4.90. The summed E-state index contributed by atoms with van der Waals surface area (Å²) in [6.45, 7) is 4.77. The molecule has 31 heavy (non-hydrogen) atoms. The molecular weight excluding hydrogens is 400 g/mol. The molecule has 0 radical (unpaired) electrons. The number of rotatable bonds is 6. The van der Waals surface area contributed by atoms with Crippen LogP contribution in [0.2, 0.25) is 0 Å². The molecule has 3 rings (SSSR count). The van der Waals surface area contributed by atoms with Crippen molar-refractivity contribution in [3.8, 4) is 0 Å². The van der Waals surface area contributed by atoms with Crippen LogP contribution in [0.15, 0.2) is 47.6 Å². The second kappa shape index (κ2) is 9.81. The molecule has 0 saturated carbocycles. The van der Waals surface area contributed by atoms with Gasteiger partial charge in [0.05, 0.1) is 11.1 Å². The van der Waals surface area contributed by atoms with Crippen molar-refractivity contribution < 1.29 is 14.5 Å². The number of nitro benzene ring substituents is 1. The normalized spacial score (nSPS) is 14.5. The average molecular weight is 424 g/mol. The predicted octanol–water partition coefficient (Wildman–Crippen LogP) is 2.07. The average Bonchev–Trinajstić information content (AvgIpc) is 2.74. The number of anilines is 2. The van der Waals surface area contributed by atoms with E-state index in [0.717, 1.165) is 31.9 Å². The van der Waals surface area contributed by atoms with E-state index in [1.54, 1.807) is 30.3 Å². The molecule has 1 aliphatic heterocycles. The van der Waals surface area contributed by atoms with Gasteiger partial charge in [0.2, 0.25) is 5.91 Å². The molecule has 162 valence electrons. The fourth-order valence-electron chi connectivity index (χ4n) is 3.23. The van der Waals surface area contributed by atoms with Gasteiger partial charge in [-0.15, -0.1) is 0 Å². The molecule has 2 N–H and O–H groups in total. The van der Waals surface area contributed by atoms with Gasteiger partial charge in [0.15, 0.2) is 0 Å². The van der Waals surface area contributed by atoms with Crippen molar-refractivity contribution in [3.05, 3.63) is 63.7 Å². The highest BCUT2D eigenvalue weighted by Gasteiger charge is 2.19. The molecule has 2 aromatic carbocycles. The van der Waals surface area contributed by atoms with E-state index < -0.39 is 10.8 Å². The van der Waals surface area contributed by atoms with Crippen LogP contribution in [0.5, 0.6) is 0 Å². The first kappa shape index (κ1) is 21.9. The summed E-state index contributed by atoms with van der Waals surface area (Å²) in [7, 11) is 2.05. The second-order valence-corrected chi connectivity index (χ2v) is 7.25. The molecular formula is C21H24N6O4. The van der Waals surface area contributed by atoms with Crippen molar-refractivity contribution in [1.29, 1.82) is 0 Å². The minimum atomic E-state index is -0.458. The highest BCUT2D eigenvalue weighted by atomic mass is 16.6. The van der Waals surface area contributed by atoms with Crippen molar-refractivity contribution in [2.45, 2.75) is 6.92 Å². The van der Waals surface area contributed by atoms with Crippen LogP contribution in [-0.4, -0.2) is 61.1 Å². The van der Waals surface area contributed by atoms with Crippen LogP contribution in [-0.2, 0) is 4.79 Å². The number of non-ortho nitro benzene ring substituents is 1. The van der Waals surface area contributed by atoms with Gasteiger partial charge in [-0.05, 0) is 37.4 Å². The zero-order valence-electron chi connectivity index (χ0n) is 17.4. The van der Waals surface area contributed by atoms with Gasteiger partial charge < -0.3 is 15.1 Å². The summed E-state index contributed by atoms with van der Waals surface area (Å²) in [5.74, 6) is -0.632. The Morgan fingerprint density at radius 2 is 1.77 bits per heavy atom. The van der Waals surface area contributed by atoms with Crippen LogP contribution in [0.1, 0.15) is 22.8 Å². The Labute approximate surface area is 179 Å². The molecule has 0 aromatic heterocycles. The van der Waals surface area contributed by atoms with E-state index in [-0.39, 0.29) is 11.6 Å². The number of nitrogens with one attached hydrogen (secondary N) is 2. The monoisotopic (exact) mass is 424 g/mol. The molecule has 10 heteroatoms.